The summed E-state index contributed by atoms with van der Waals surface area (Å²) in [5, 5.41) is 7.55. The molecule has 0 aliphatic carbocycles. The summed E-state index contributed by atoms with van der Waals surface area (Å²) in [6.07, 6.45) is 0.379. The van der Waals surface area contributed by atoms with Gasteiger partial charge < -0.3 is 28.8 Å². The molecule has 36 heavy (non-hydrogen) atoms. The van der Waals surface area contributed by atoms with Crippen LogP contribution in [0.5, 0.6) is 0 Å². The zero-order valence-corrected chi connectivity index (χ0v) is 20.8. The molecule has 2 aromatic heterocycles. The molecular formula is C29H28N4O3. The first-order valence-corrected chi connectivity index (χ1v) is 12.6. The molecule has 5 aromatic rings. The Hall–Kier alpha value is -3.39. The highest BCUT2D eigenvalue weighted by atomic mass is 16.6. The van der Waals surface area contributed by atoms with Crippen molar-refractivity contribution in [2.24, 2.45) is 0 Å². The van der Waals surface area contributed by atoms with Crippen molar-refractivity contribution in [3.8, 4) is 0 Å². The van der Waals surface area contributed by atoms with Crippen molar-refractivity contribution in [2.45, 2.75) is 44.0 Å². The van der Waals surface area contributed by atoms with Gasteiger partial charge in [-0.3, -0.25) is 4.79 Å². The Balaban J connectivity index is 1.70. The number of para-hydroxylation sites is 2. The topological polar surface area (TPSA) is 60.7 Å². The van der Waals surface area contributed by atoms with Gasteiger partial charge in [0, 0.05) is 47.7 Å². The molecule has 5 heterocycles. The number of ether oxygens (including phenoxy) is 2. The fraction of sp³-hybridized carbons (Fsp3) is 0.345. The number of methoxy groups -OCH3 is 1. The van der Waals surface area contributed by atoms with Crippen LogP contribution in [0, 0.1) is 0 Å². The van der Waals surface area contributed by atoms with Gasteiger partial charge in [-0.05, 0) is 38.7 Å². The van der Waals surface area contributed by atoms with Gasteiger partial charge >= 0.3 is 0 Å². The number of hydrogen-bond donors (Lipinski definition) is 1. The number of fused-ring (bicyclic) bond motifs is 13. The summed E-state index contributed by atoms with van der Waals surface area (Å²) in [7, 11) is 6.03. The number of hydrogen-bond acceptors (Lipinski definition) is 4. The van der Waals surface area contributed by atoms with Gasteiger partial charge in [0.1, 0.15) is 12.3 Å². The molecule has 1 fully saturated rings. The van der Waals surface area contributed by atoms with Gasteiger partial charge in [-0.25, -0.2) is 0 Å². The highest BCUT2D eigenvalue weighted by Gasteiger charge is 2.53. The molecule has 0 saturated carbocycles. The summed E-state index contributed by atoms with van der Waals surface area (Å²) in [6.45, 7) is 2.70. The molecule has 3 aliphatic heterocycles. The smallest absolute Gasteiger partial charge is 0.252 e. The summed E-state index contributed by atoms with van der Waals surface area (Å²) in [6, 6.07) is 17.1. The van der Waals surface area contributed by atoms with E-state index in [-0.39, 0.29) is 24.3 Å². The highest BCUT2D eigenvalue weighted by Crippen LogP contribution is 2.54. The largest absolute Gasteiger partial charge is 0.375 e. The van der Waals surface area contributed by atoms with Crippen LogP contribution in [0.2, 0.25) is 0 Å². The average molecular weight is 481 g/mol. The molecule has 1 saturated heterocycles. The van der Waals surface area contributed by atoms with E-state index in [0.29, 0.717) is 6.54 Å². The highest BCUT2D eigenvalue weighted by molar-refractivity contribution is 6.31. The zero-order chi connectivity index (χ0) is 24.5. The Bertz CT molecular complexity index is 1780. The first-order valence-electron chi connectivity index (χ1n) is 12.6. The first kappa shape index (κ1) is 20.8. The molecule has 7 nitrogen and oxygen atoms in total. The zero-order valence-electron chi connectivity index (χ0n) is 20.8. The molecule has 3 aromatic carbocycles. The fourth-order valence-electron chi connectivity index (χ4n) is 7.51. The van der Waals surface area contributed by atoms with Gasteiger partial charge in [0.2, 0.25) is 0 Å². The van der Waals surface area contributed by atoms with E-state index >= 15 is 0 Å². The summed E-state index contributed by atoms with van der Waals surface area (Å²) in [4.78, 5) is 15.6. The van der Waals surface area contributed by atoms with Crippen molar-refractivity contribution in [1.29, 1.82) is 0 Å². The van der Waals surface area contributed by atoms with Gasteiger partial charge in [-0.2, -0.15) is 0 Å². The number of likely N-dealkylation sites (N-methyl/N-ethyl adjacent to an activating group) is 1. The second-order valence-electron chi connectivity index (χ2n) is 10.8. The minimum atomic E-state index is -0.759. The number of rotatable bonds is 2. The van der Waals surface area contributed by atoms with Crippen molar-refractivity contribution in [3.05, 3.63) is 59.7 Å². The average Bonchev–Trinajstić information content (AvgIpc) is 3.51. The van der Waals surface area contributed by atoms with Crippen molar-refractivity contribution in [1.82, 2.24) is 19.4 Å². The van der Waals surface area contributed by atoms with Crippen LogP contribution in [0.1, 0.15) is 35.5 Å². The van der Waals surface area contributed by atoms with Gasteiger partial charge in [0.05, 0.1) is 27.6 Å². The van der Waals surface area contributed by atoms with E-state index in [1.54, 1.807) is 7.11 Å². The molecule has 1 N–H and O–H groups in total. The quantitative estimate of drug-likeness (QED) is 0.398. The van der Waals surface area contributed by atoms with Gasteiger partial charge in [-0.15, -0.1) is 0 Å². The Labute approximate surface area is 208 Å². The number of nitrogens with zero attached hydrogens (tertiary/aromatic N) is 3. The maximum atomic E-state index is 13.4. The molecule has 2 bridgehead atoms. The molecule has 0 unspecified atom stereocenters. The van der Waals surface area contributed by atoms with Crippen LogP contribution in [0.25, 0.3) is 43.6 Å². The number of carbonyl (C=O) groups is 1. The molecule has 0 spiro atoms. The lowest BCUT2D eigenvalue weighted by atomic mass is 9.92. The molecular weight excluding hydrogens is 452 g/mol. The van der Waals surface area contributed by atoms with E-state index in [2.05, 4.69) is 88.9 Å². The Morgan fingerprint density at radius 2 is 1.72 bits per heavy atom. The minimum Gasteiger partial charge on any atom is -0.375 e. The Morgan fingerprint density at radius 1 is 1.03 bits per heavy atom. The number of carbonyl (C=O) groups excluding carboxylic acids is 1. The minimum absolute atomic E-state index is 0.00641. The summed E-state index contributed by atoms with van der Waals surface area (Å²) in [5.41, 5.74) is 5.54. The molecule has 7 heteroatoms. The van der Waals surface area contributed by atoms with E-state index in [0.717, 1.165) is 61.2 Å². The lowest BCUT2D eigenvalue weighted by molar-refractivity contribution is -0.266. The van der Waals surface area contributed by atoms with E-state index < -0.39 is 5.72 Å². The van der Waals surface area contributed by atoms with E-state index in [9.17, 15) is 4.79 Å². The van der Waals surface area contributed by atoms with Gasteiger partial charge in [-0.1, -0.05) is 36.4 Å². The third-order valence-electron chi connectivity index (χ3n) is 8.86. The van der Waals surface area contributed by atoms with Crippen LogP contribution in [-0.4, -0.2) is 53.3 Å². The summed E-state index contributed by atoms with van der Waals surface area (Å²) < 4.78 is 18.2. The molecule has 3 aliphatic rings. The Morgan fingerprint density at radius 3 is 2.44 bits per heavy atom. The summed E-state index contributed by atoms with van der Waals surface area (Å²) >= 11 is 0. The molecule has 4 atom stereocenters. The predicted molar refractivity (Wildman–Crippen MR) is 140 cm³/mol. The van der Waals surface area contributed by atoms with Crippen molar-refractivity contribution in [2.75, 3.05) is 21.2 Å². The van der Waals surface area contributed by atoms with Gasteiger partial charge in [0.25, 0.3) is 5.91 Å². The van der Waals surface area contributed by atoms with Crippen molar-refractivity contribution in [3.63, 3.8) is 0 Å². The van der Waals surface area contributed by atoms with Crippen LogP contribution in [0.4, 0.5) is 0 Å². The second-order valence-corrected chi connectivity index (χ2v) is 10.8. The van der Waals surface area contributed by atoms with Gasteiger partial charge in [0.15, 0.2) is 5.72 Å². The SMILES string of the molecule is CO[C@@H]1[C@H](N(C)C)C[C@@H]2O[C@]1(C)n1c3ccccc3c3c4c(c5c6ccccc6n2c5c31)C(=O)NC4. The van der Waals surface area contributed by atoms with Crippen LogP contribution < -0.4 is 5.32 Å². The number of aromatic nitrogens is 2. The fourth-order valence-corrected chi connectivity index (χ4v) is 7.51. The Kier molecular flexibility index (Phi) is 3.85. The molecule has 182 valence electrons. The maximum absolute atomic E-state index is 13.4. The number of amides is 1. The molecule has 1 amide bonds. The number of nitrogens with one attached hydrogen (secondary N) is 1. The third kappa shape index (κ3) is 2.19. The van der Waals surface area contributed by atoms with Crippen LogP contribution in [0.15, 0.2) is 48.5 Å². The normalized spacial score (nSPS) is 27.0. The van der Waals surface area contributed by atoms with Crippen LogP contribution in [0.3, 0.4) is 0 Å². The van der Waals surface area contributed by atoms with Crippen LogP contribution in [-0.2, 0) is 21.7 Å². The summed E-state index contributed by atoms with van der Waals surface area (Å²) in [5.74, 6) is 0.00641. The van der Waals surface area contributed by atoms with Crippen molar-refractivity contribution >= 4 is 49.5 Å². The van der Waals surface area contributed by atoms with E-state index in [1.807, 2.05) is 0 Å². The molecule has 0 radical (unpaired) electrons. The monoisotopic (exact) mass is 480 g/mol. The first-order chi connectivity index (χ1) is 17.5. The second kappa shape index (κ2) is 6.68. The lowest BCUT2D eigenvalue weighted by Crippen LogP contribution is -2.59. The third-order valence-corrected chi connectivity index (χ3v) is 8.86. The number of benzene rings is 3. The maximum Gasteiger partial charge on any atom is 0.252 e. The molecule has 8 rings (SSSR count). The van der Waals surface area contributed by atoms with Crippen molar-refractivity contribution < 1.29 is 14.3 Å². The van der Waals surface area contributed by atoms with E-state index in [4.69, 9.17) is 9.47 Å². The predicted octanol–water partition coefficient (Wildman–Crippen LogP) is 4.70. The standard InChI is InChI=1S/C29H28N4O3/c1-29-27(35-4)20(31(2)3)13-21(36-29)32-18-11-7-5-9-15(18)23-24-17(14-30-28(24)34)22-16-10-6-8-12-19(16)33(29)26(22)25(23)32/h5-12,20-21,27H,13-14H2,1-4H3,(H,30,34)/t20-,21+,27-,29+/m1/s1. The van der Waals surface area contributed by atoms with E-state index in [1.165, 1.54) is 0 Å². The lowest BCUT2D eigenvalue weighted by Gasteiger charge is -2.50. The van der Waals surface area contributed by atoms with Crippen LogP contribution >= 0.6 is 0 Å².